The minimum Gasteiger partial charge on any atom is -0.478 e. The predicted molar refractivity (Wildman–Crippen MR) is 73.3 cm³/mol. The third-order valence-corrected chi connectivity index (χ3v) is 2.72. The summed E-state index contributed by atoms with van der Waals surface area (Å²) in [4.78, 5) is 8.54. The molecule has 0 saturated heterocycles. The molecule has 2 aromatic rings. The van der Waals surface area contributed by atoms with Crippen LogP contribution in [-0.4, -0.2) is 32.9 Å². The van der Waals surface area contributed by atoms with Crippen molar-refractivity contribution in [2.45, 2.75) is 20.3 Å². The average molecular weight is 261 g/mol. The van der Waals surface area contributed by atoms with Crippen LogP contribution in [0.4, 0.5) is 5.82 Å². The molecule has 0 atom stereocenters. The summed E-state index contributed by atoms with van der Waals surface area (Å²) in [6.45, 7) is 5.19. The zero-order valence-electron chi connectivity index (χ0n) is 11.6. The zero-order valence-corrected chi connectivity index (χ0v) is 11.6. The van der Waals surface area contributed by atoms with Crippen molar-refractivity contribution in [3.63, 3.8) is 0 Å². The molecule has 0 amide bonds. The van der Waals surface area contributed by atoms with Crippen LogP contribution in [0.1, 0.15) is 18.4 Å². The van der Waals surface area contributed by atoms with Crippen molar-refractivity contribution >= 4 is 5.82 Å². The molecule has 0 aliphatic carbocycles. The monoisotopic (exact) mass is 261 g/mol. The van der Waals surface area contributed by atoms with Gasteiger partial charge in [-0.1, -0.05) is 0 Å². The van der Waals surface area contributed by atoms with Crippen LogP contribution < -0.4 is 10.1 Å². The molecule has 0 saturated carbocycles. The number of ether oxygens (including phenoxy) is 1. The summed E-state index contributed by atoms with van der Waals surface area (Å²) in [5.41, 5.74) is 1.18. The SMILES string of the molecule is CCOc1cc(NCCc2ccnn2C)nc(C)n1. The van der Waals surface area contributed by atoms with Gasteiger partial charge in [0.2, 0.25) is 5.88 Å². The molecule has 102 valence electrons. The minimum atomic E-state index is 0.602. The fraction of sp³-hybridized carbons (Fsp3) is 0.462. The molecule has 2 aromatic heterocycles. The lowest BCUT2D eigenvalue weighted by Crippen LogP contribution is -2.10. The second-order valence-electron chi connectivity index (χ2n) is 4.19. The quantitative estimate of drug-likeness (QED) is 0.855. The van der Waals surface area contributed by atoms with Gasteiger partial charge in [-0.2, -0.15) is 10.1 Å². The molecule has 2 rings (SSSR count). The van der Waals surface area contributed by atoms with Gasteiger partial charge in [0.1, 0.15) is 11.6 Å². The van der Waals surface area contributed by atoms with Gasteiger partial charge in [0.15, 0.2) is 0 Å². The number of nitrogens with one attached hydrogen (secondary N) is 1. The summed E-state index contributed by atoms with van der Waals surface area (Å²) in [5, 5.41) is 7.42. The largest absolute Gasteiger partial charge is 0.478 e. The van der Waals surface area contributed by atoms with E-state index in [1.807, 2.05) is 37.7 Å². The first-order valence-corrected chi connectivity index (χ1v) is 6.38. The lowest BCUT2D eigenvalue weighted by molar-refractivity contribution is 0.325. The van der Waals surface area contributed by atoms with E-state index in [4.69, 9.17) is 4.74 Å². The van der Waals surface area contributed by atoms with E-state index >= 15 is 0 Å². The first-order chi connectivity index (χ1) is 9.19. The van der Waals surface area contributed by atoms with E-state index in [2.05, 4.69) is 20.4 Å². The van der Waals surface area contributed by atoms with Gasteiger partial charge in [0.25, 0.3) is 0 Å². The summed E-state index contributed by atoms with van der Waals surface area (Å²) in [5.74, 6) is 2.10. The summed E-state index contributed by atoms with van der Waals surface area (Å²) in [7, 11) is 1.94. The smallest absolute Gasteiger partial charge is 0.218 e. The van der Waals surface area contributed by atoms with Gasteiger partial charge in [0, 0.05) is 38.0 Å². The molecular weight excluding hydrogens is 242 g/mol. The number of aromatic nitrogens is 4. The maximum absolute atomic E-state index is 5.39. The Morgan fingerprint density at radius 2 is 2.21 bits per heavy atom. The van der Waals surface area contributed by atoms with Crippen LogP contribution >= 0.6 is 0 Å². The van der Waals surface area contributed by atoms with E-state index in [9.17, 15) is 0 Å². The lowest BCUT2D eigenvalue weighted by Gasteiger charge is -2.08. The topological polar surface area (TPSA) is 64.9 Å². The van der Waals surface area contributed by atoms with Crippen LogP contribution in [0.2, 0.25) is 0 Å². The van der Waals surface area contributed by atoms with Gasteiger partial charge in [0.05, 0.1) is 6.61 Å². The van der Waals surface area contributed by atoms with E-state index in [1.165, 1.54) is 5.69 Å². The zero-order chi connectivity index (χ0) is 13.7. The number of rotatable bonds is 6. The number of nitrogens with zero attached hydrogens (tertiary/aromatic N) is 4. The molecule has 0 bridgehead atoms. The lowest BCUT2D eigenvalue weighted by atomic mass is 10.3. The summed E-state index contributed by atoms with van der Waals surface area (Å²) >= 11 is 0. The molecule has 2 heterocycles. The standard InChI is InChI=1S/C13H19N5O/c1-4-19-13-9-12(16-10(2)17-13)14-7-5-11-6-8-15-18(11)3/h6,8-9H,4-5,7H2,1-3H3,(H,14,16,17). The van der Waals surface area contributed by atoms with Gasteiger partial charge in [-0.25, -0.2) is 4.98 Å². The van der Waals surface area contributed by atoms with Gasteiger partial charge in [-0.3, -0.25) is 4.68 Å². The Hall–Kier alpha value is -2.11. The molecule has 0 radical (unpaired) electrons. The Bertz CT molecular complexity index is 538. The maximum Gasteiger partial charge on any atom is 0.218 e. The maximum atomic E-state index is 5.39. The normalized spacial score (nSPS) is 10.5. The van der Waals surface area contributed by atoms with Crippen molar-refractivity contribution in [3.8, 4) is 5.88 Å². The van der Waals surface area contributed by atoms with Crippen molar-refractivity contribution < 1.29 is 4.74 Å². The number of hydrogen-bond donors (Lipinski definition) is 1. The highest BCUT2D eigenvalue weighted by molar-refractivity contribution is 5.38. The molecule has 0 unspecified atom stereocenters. The van der Waals surface area contributed by atoms with Crippen LogP contribution in [0.25, 0.3) is 0 Å². The van der Waals surface area contributed by atoms with Gasteiger partial charge < -0.3 is 10.1 Å². The van der Waals surface area contributed by atoms with Gasteiger partial charge in [-0.05, 0) is 19.9 Å². The highest BCUT2D eigenvalue weighted by Crippen LogP contribution is 2.13. The molecule has 19 heavy (non-hydrogen) atoms. The average Bonchev–Trinajstić information content (AvgIpc) is 2.75. The highest BCUT2D eigenvalue weighted by Gasteiger charge is 2.03. The minimum absolute atomic E-state index is 0.602. The third kappa shape index (κ3) is 3.67. The first-order valence-electron chi connectivity index (χ1n) is 6.38. The molecule has 0 aliphatic rings. The van der Waals surface area contributed by atoms with Crippen molar-refractivity contribution in [1.82, 2.24) is 19.7 Å². The van der Waals surface area contributed by atoms with Crippen LogP contribution in [0.3, 0.4) is 0 Å². The van der Waals surface area contributed by atoms with E-state index in [0.717, 1.165) is 18.8 Å². The van der Waals surface area contributed by atoms with E-state index in [1.54, 1.807) is 6.20 Å². The van der Waals surface area contributed by atoms with Crippen LogP contribution in [0.15, 0.2) is 18.3 Å². The number of anilines is 1. The van der Waals surface area contributed by atoms with Crippen LogP contribution in [-0.2, 0) is 13.5 Å². The number of hydrogen-bond acceptors (Lipinski definition) is 5. The fourth-order valence-corrected chi connectivity index (χ4v) is 1.82. The molecular formula is C13H19N5O. The van der Waals surface area contributed by atoms with Crippen molar-refractivity contribution in [2.24, 2.45) is 7.05 Å². The first kappa shape index (κ1) is 13.3. The summed E-state index contributed by atoms with van der Waals surface area (Å²) in [6.07, 6.45) is 2.70. The molecule has 6 heteroatoms. The molecule has 6 nitrogen and oxygen atoms in total. The molecule has 0 aromatic carbocycles. The van der Waals surface area contributed by atoms with E-state index in [0.29, 0.717) is 18.3 Å². The van der Waals surface area contributed by atoms with E-state index in [-0.39, 0.29) is 0 Å². The van der Waals surface area contributed by atoms with Crippen LogP contribution in [0.5, 0.6) is 5.88 Å². The second-order valence-corrected chi connectivity index (χ2v) is 4.19. The second kappa shape index (κ2) is 6.17. The molecule has 0 spiro atoms. The molecule has 0 fully saturated rings. The van der Waals surface area contributed by atoms with Gasteiger partial charge in [-0.15, -0.1) is 0 Å². The van der Waals surface area contributed by atoms with Crippen LogP contribution in [0, 0.1) is 6.92 Å². The molecule has 1 N–H and O–H groups in total. The van der Waals surface area contributed by atoms with Crippen molar-refractivity contribution in [2.75, 3.05) is 18.5 Å². The van der Waals surface area contributed by atoms with Crippen molar-refractivity contribution in [1.29, 1.82) is 0 Å². The van der Waals surface area contributed by atoms with E-state index < -0.39 is 0 Å². The Morgan fingerprint density at radius 1 is 1.37 bits per heavy atom. The van der Waals surface area contributed by atoms with Crippen molar-refractivity contribution in [3.05, 3.63) is 29.8 Å². The Morgan fingerprint density at radius 3 is 2.89 bits per heavy atom. The summed E-state index contributed by atoms with van der Waals surface area (Å²) in [6, 6.07) is 3.83. The Balaban J connectivity index is 1.94. The van der Waals surface area contributed by atoms with Gasteiger partial charge >= 0.3 is 0 Å². The fourth-order valence-electron chi connectivity index (χ4n) is 1.82. The number of aryl methyl sites for hydroxylation is 2. The Kier molecular flexibility index (Phi) is 4.33. The third-order valence-electron chi connectivity index (χ3n) is 2.72. The Labute approximate surface area is 112 Å². The molecule has 0 aliphatic heterocycles. The summed E-state index contributed by atoms with van der Waals surface area (Å²) < 4.78 is 7.27. The predicted octanol–water partition coefficient (Wildman–Crippen LogP) is 1.57. The highest BCUT2D eigenvalue weighted by atomic mass is 16.5.